The van der Waals surface area contributed by atoms with Gasteiger partial charge in [-0.25, -0.2) is 4.79 Å². The Morgan fingerprint density at radius 3 is 2.33 bits per heavy atom. The van der Waals surface area contributed by atoms with Crippen molar-refractivity contribution in [1.82, 2.24) is 0 Å². The van der Waals surface area contributed by atoms with Crippen LogP contribution in [-0.2, 0) is 4.74 Å². The standard InChI is InChI=1S/C14H17NO2S/c15-13(17-14(16)18)12-8-6-11(7-9-12)10-4-2-1-3-5-10/h6-10,15H,1-5H2,(H,16,18). The second-order valence-corrected chi connectivity index (χ2v) is 5.02. The summed E-state index contributed by atoms with van der Waals surface area (Å²) >= 11 is 3.49. The molecule has 0 aliphatic heterocycles. The van der Waals surface area contributed by atoms with Gasteiger partial charge >= 0.3 is 5.30 Å². The number of benzene rings is 1. The molecule has 0 bridgehead atoms. The molecule has 0 saturated heterocycles. The Hall–Kier alpha value is -1.29. The molecule has 1 saturated carbocycles. The molecule has 0 amide bonds. The average Bonchev–Trinajstić information content (AvgIpc) is 2.39. The predicted molar refractivity (Wildman–Crippen MR) is 74.6 cm³/mol. The maximum atomic E-state index is 10.6. The van der Waals surface area contributed by atoms with Gasteiger partial charge in [0, 0.05) is 5.56 Å². The molecule has 18 heavy (non-hydrogen) atoms. The van der Waals surface area contributed by atoms with Crippen LogP contribution in [-0.4, -0.2) is 11.2 Å². The summed E-state index contributed by atoms with van der Waals surface area (Å²) in [5, 5.41) is 6.83. The van der Waals surface area contributed by atoms with E-state index in [2.05, 4.69) is 17.4 Å². The van der Waals surface area contributed by atoms with Crippen LogP contribution >= 0.6 is 12.6 Å². The lowest BCUT2D eigenvalue weighted by Crippen LogP contribution is -2.08. The molecular weight excluding hydrogens is 246 g/mol. The molecular formula is C14H17NO2S. The zero-order chi connectivity index (χ0) is 13.0. The Kier molecular flexibility index (Phi) is 4.42. The van der Waals surface area contributed by atoms with Crippen LogP contribution in [0.3, 0.4) is 0 Å². The molecule has 1 aromatic rings. The van der Waals surface area contributed by atoms with Gasteiger partial charge in [0.25, 0.3) is 0 Å². The molecule has 1 N–H and O–H groups in total. The van der Waals surface area contributed by atoms with Crippen LogP contribution in [0.5, 0.6) is 0 Å². The summed E-state index contributed by atoms with van der Waals surface area (Å²) in [5.41, 5.74) is 1.93. The van der Waals surface area contributed by atoms with Crippen molar-refractivity contribution in [1.29, 1.82) is 5.41 Å². The van der Waals surface area contributed by atoms with Crippen molar-refractivity contribution in [2.45, 2.75) is 38.0 Å². The molecule has 0 heterocycles. The second-order valence-electron chi connectivity index (χ2n) is 4.65. The molecule has 3 nitrogen and oxygen atoms in total. The minimum atomic E-state index is -0.753. The quantitative estimate of drug-likeness (QED) is 0.365. The van der Waals surface area contributed by atoms with Gasteiger partial charge in [-0.2, -0.15) is 0 Å². The van der Waals surface area contributed by atoms with Crippen molar-refractivity contribution in [3.8, 4) is 0 Å². The van der Waals surface area contributed by atoms with Crippen LogP contribution in [0.25, 0.3) is 0 Å². The smallest absolute Gasteiger partial charge is 0.370 e. The van der Waals surface area contributed by atoms with E-state index in [1.54, 1.807) is 0 Å². The Morgan fingerprint density at radius 2 is 1.78 bits per heavy atom. The van der Waals surface area contributed by atoms with Crippen LogP contribution in [0.2, 0.25) is 0 Å². The van der Waals surface area contributed by atoms with E-state index in [-0.39, 0.29) is 5.90 Å². The second kappa shape index (κ2) is 6.05. The van der Waals surface area contributed by atoms with Gasteiger partial charge in [-0.05, 0) is 36.5 Å². The van der Waals surface area contributed by atoms with E-state index in [9.17, 15) is 4.79 Å². The van der Waals surface area contributed by atoms with Crippen molar-refractivity contribution < 1.29 is 9.53 Å². The van der Waals surface area contributed by atoms with Crippen molar-refractivity contribution in [2.24, 2.45) is 0 Å². The highest BCUT2D eigenvalue weighted by atomic mass is 32.1. The number of hydrogen-bond acceptors (Lipinski definition) is 3. The molecule has 0 spiro atoms. The van der Waals surface area contributed by atoms with Gasteiger partial charge in [-0.1, -0.05) is 44.0 Å². The summed E-state index contributed by atoms with van der Waals surface area (Å²) in [5.74, 6) is 0.500. The van der Waals surface area contributed by atoms with Gasteiger partial charge in [0.15, 0.2) is 0 Å². The van der Waals surface area contributed by atoms with Crippen LogP contribution < -0.4 is 0 Å². The van der Waals surface area contributed by atoms with Gasteiger partial charge in [0.05, 0.1) is 0 Å². The number of hydrogen-bond donors (Lipinski definition) is 2. The predicted octanol–water partition coefficient (Wildman–Crippen LogP) is 4.13. The van der Waals surface area contributed by atoms with Crippen LogP contribution in [0.1, 0.15) is 49.1 Å². The summed E-state index contributed by atoms with van der Waals surface area (Å²) in [6.45, 7) is 0. The summed E-state index contributed by atoms with van der Waals surface area (Å²) in [6, 6.07) is 7.74. The number of nitrogens with one attached hydrogen (secondary N) is 1. The highest BCUT2D eigenvalue weighted by molar-refractivity contribution is 7.96. The SMILES string of the molecule is N=C(OC(=O)S)c1ccc(C2CCCCC2)cc1. The molecule has 1 aliphatic rings. The number of ether oxygens (including phenoxy) is 1. The van der Waals surface area contributed by atoms with Crippen molar-refractivity contribution in [3.63, 3.8) is 0 Å². The molecule has 1 aromatic carbocycles. The fourth-order valence-electron chi connectivity index (χ4n) is 2.49. The molecule has 2 rings (SSSR count). The minimum Gasteiger partial charge on any atom is -0.399 e. The van der Waals surface area contributed by atoms with Gasteiger partial charge in [0.2, 0.25) is 5.90 Å². The first kappa shape index (κ1) is 13.1. The zero-order valence-electron chi connectivity index (χ0n) is 10.2. The average molecular weight is 263 g/mol. The number of rotatable bonds is 2. The van der Waals surface area contributed by atoms with Crippen LogP contribution in [0.15, 0.2) is 24.3 Å². The van der Waals surface area contributed by atoms with Crippen molar-refractivity contribution >= 4 is 23.8 Å². The highest BCUT2D eigenvalue weighted by Gasteiger charge is 2.15. The Labute approximate surface area is 112 Å². The van der Waals surface area contributed by atoms with E-state index in [0.717, 1.165) is 0 Å². The summed E-state index contributed by atoms with van der Waals surface area (Å²) in [7, 11) is 0. The zero-order valence-corrected chi connectivity index (χ0v) is 11.1. The van der Waals surface area contributed by atoms with Crippen molar-refractivity contribution in [2.75, 3.05) is 0 Å². The van der Waals surface area contributed by atoms with Gasteiger partial charge < -0.3 is 4.74 Å². The Morgan fingerprint density at radius 1 is 1.17 bits per heavy atom. The Balaban J connectivity index is 2.04. The maximum absolute atomic E-state index is 10.6. The van der Waals surface area contributed by atoms with Gasteiger partial charge in [0.1, 0.15) is 0 Å². The first-order valence-corrected chi connectivity index (χ1v) is 6.71. The number of carbonyl (C=O) groups excluding carboxylic acids is 1. The largest absolute Gasteiger partial charge is 0.399 e. The third kappa shape index (κ3) is 3.35. The lowest BCUT2D eigenvalue weighted by atomic mass is 9.84. The normalized spacial score (nSPS) is 16.3. The molecule has 96 valence electrons. The summed E-state index contributed by atoms with van der Waals surface area (Å²) < 4.78 is 4.63. The van der Waals surface area contributed by atoms with E-state index in [0.29, 0.717) is 11.5 Å². The van der Waals surface area contributed by atoms with E-state index in [4.69, 9.17) is 5.41 Å². The van der Waals surface area contributed by atoms with Gasteiger partial charge in [-0.15, -0.1) is 0 Å². The number of carbonyl (C=O) groups is 1. The first-order chi connectivity index (χ1) is 8.66. The first-order valence-electron chi connectivity index (χ1n) is 6.26. The van der Waals surface area contributed by atoms with E-state index >= 15 is 0 Å². The third-order valence-electron chi connectivity index (χ3n) is 3.44. The maximum Gasteiger partial charge on any atom is 0.370 e. The fraction of sp³-hybridized carbons (Fsp3) is 0.429. The van der Waals surface area contributed by atoms with Gasteiger partial charge in [-0.3, -0.25) is 5.41 Å². The highest BCUT2D eigenvalue weighted by Crippen LogP contribution is 2.32. The number of thiol groups is 1. The molecule has 0 atom stereocenters. The minimum absolute atomic E-state index is 0.148. The monoisotopic (exact) mass is 263 g/mol. The summed E-state index contributed by atoms with van der Waals surface area (Å²) in [6.07, 6.45) is 6.46. The molecule has 0 radical (unpaired) electrons. The van der Waals surface area contributed by atoms with E-state index < -0.39 is 5.30 Å². The van der Waals surface area contributed by atoms with E-state index in [1.165, 1.54) is 37.7 Å². The Bertz CT molecular complexity index is 436. The third-order valence-corrected chi connectivity index (χ3v) is 3.53. The van der Waals surface area contributed by atoms with E-state index in [1.807, 2.05) is 24.3 Å². The molecule has 0 aromatic heterocycles. The molecule has 0 unspecified atom stereocenters. The molecule has 1 aliphatic carbocycles. The lowest BCUT2D eigenvalue weighted by molar-refractivity contribution is 0.225. The molecule has 1 fully saturated rings. The topological polar surface area (TPSA) is 50.1 Å². The van der Waals surface area contributed by atoms with Crippen molar-refractivity contribution in [3.05, 3.63) is 35.4 Å². The van der Waals surface area contributed by atoms with Crippen LogP contribution in [0.4, 0.5) is 4.79 Å². The lowest BCUT2D eigenvalue weighted by Gasteiger charge is -2.22. The summed E-state index contributed by atoms with van der Waals surface area (Å²) in [4.78, 5) is 10.6. The molecule has 4 heteroatoms. The fourth-order valence-corrected chi connectivity index (χ4v) is 2.58. The van der Waals surface area contributed by atoms with Crippen LogP contribution in [0, 0.1) is 5.41 Å².